The molecule has 0 bridgehead atoms. The molecule has 1 unspecified atom stereocenters. The molecular weight excluding hydrogens is 248 g/mol. The van der Waals surface area contributed by atoms with Gasteiger partial charge in [0.1, 0.15) is 6.04 Å². The molecule has 1 aromatic carbocycles. The predicted octanol–water partition coefficient (Wildman–Crippen LogP) is 0.945. The number of nitrogens with one attached hydrogen (secondary N) is 1. The molecule has 2 heterocycles. The smallest absolute Gasteiger partial charge is 0.249 e. The Morgan fingerprint density at radius 2 is 2.16 bits per heavy atom. The molecule has 0 fully saturated rings. The second kappa shape index (κ2) is 4.62. The molecule has 0 spiro atoms. The minimum Gasteiger partial charge on any atom is -0.454 e. The van der Waals surface area contributed by atoms with Crippen LogP contribution in [0.4, 0.5) is 11.4 Å². The molecule has 2 aliphatic rings. The fourth-order valence-electron chi connectivity index (χ4n) is 2.38. The zero-order chi connectivity index (χ0) is 13.4. The highest BCUT2D eigenvalue weighted by atomic mass is 16.7. The summed E-state index contributed by atoms with van der Waals surface area (Å²) < 4.78 is 10.7. The maximum atomic E-state index is 12.2. The first-order valence-corrected chi connectivity index (χ1v) is 6.33. The van der Waals surface area contributed by atoms with E-state index < -0.39 is 0 Å². The van der Waals surface area contributed by atoms with E-state index in [4.69, 9.17) is 14.6 Å². The number of aliphatic hydroxyl groups is 1. The van der Waals surface area contributed by atoms with Crippen LogP contribution in [0.5, 0.6) is 11.5 Å². The van der Waals surface area contributed by atoms with Crippen LogP contribution in [-0.2, 0) is 4.79 Å². The Bertz CT molecular complexity index is 518. The molecule has 0 saturated heterocycles. The fraction of sp³-hybridized carbons (Fsp3) is 0.462. The van der Waals surface area contributed by atoms with Gasteiger partial charge in [0.25, 0.3) is 0 Å². The van der Waals surface area contributed by atoms with Crippen LogP contribution in [0.3, 0.4) is 0 Å². The van der Waals surface area contributed by atoms with E-state index in [9.17, 15) is 4.79 Å². The van der Waals surface area contributed by atoms with Crippen molar-refractivity contribution in [1.82, 2.24) is 0 Å². The van der Waals surface area contributed by atoms with E-state index in [1.54, 1.807) is 4.90 Å². The Hall–Kier alpha value is -1.95. The molecule has 0 aliphatic carbocycles. The van der Waals surface area contributed by atoms with E-state index in [2.05, 4.69) is 5.32 Å². The summed E-state index contributed by atoms with van der Waals surface area (Å²) in [7, 11) is 0. The van der Waals surface area contributed by atoms with E-state index in [-0.39, 0.29) is 25.3 Å². The highest BCUT2D eigenvalue weighted by Crippen LogP contribution is 2.43. The van der Waals surface area contributed by atoms with Crippen LogP contribution in [0.2, 0.25) is 0 Å². The first-order chi connectivity index (χ1) is 9.20. The fourth-order valence-corrected chi connectivity index (χ4v) is 2.38. The summed E-state index contributed by atoms with van der Waals surface area (Å²) in [5.41, 5.74) is 1.63. The third-order valence-corrected chi connectivity index (χ3v) is 3.33. The van der Waals surface area contributed by atoms with Crippen molar-refractivity contribution in [1.29, 1.82) is 0 Å². The van der Waals surface area contributed by atoms with Gasteiger partial charge in [0.05, 0.1) is 11.4 Å². The second-order valence-electron chi connectivity index (χ2n) is 4.66. The van der Waals surface area contributed by atoms with Crippen molar-refractivity contribution in [2.24, 2.45) is 0 Å². The molecule has 1 aromatic rings. The molecule has 102 valence electrons. The van der Waals surface area contributed by atoms with Gasteiger partial charge in [-0.2, -0.15) is 0 Å². The Balaban J connectivity index is 2.00. The molecule has 19 heavy (non-hydrogen) atoms. The summed E-state index contributed by atoms with van der Waals surface area (Å²) in [6.45, 7) is 2.58. The summed E-state index contributed by atoms with van der Waals surface area (Å²) in [6, 6.07) is 3.38. The average Bonchev–Trinajstić information content (AvgIpc) is 2.84. The lowest BCUT2D eigenvalue weighted by atomic mass is 10.1. The zero-order valence-electron chi connectivity index (χ0n) is 10.7. The zero-order valence-corrected chi connectivity index (χ0v) is 10.7. The van der Waals surface area contributed by atoms with Crippen molar-refractivity contribution in [3.05, 3.63) is 12.1 Å². The van der Waals surface area contributed by atoms with Crippen LogP contribution in [-0.4, -0.2) is 37.0 Å². The first-order valence-electron chi connectivity index (χ1n) is 6.33. The van der Waals surface area contributed by atoms with Gasteiger partial charge in [0, 0.05) is 25.3 Å². The van der Waals surface area contributed by atoms with Gasteiger partial charge in [-0.3, -0.25) is 4.79 Å². The summed E-state index contributed by atoms with van der Waals surface area (Å²) in [4.78, 5) is 13.9. The third-order valence-electron chi connectivity index (χ3n) is 3.33. The Kier molecular flexibility index (Phi) is 2.94. The molecule has 1 atom stereocenters. The Morgan fingerprint density at radius 1 is 1.42 bits per heavy atom. The van der Waals surface area contributed by atoms with Gasteiger partial charge in [0.2, 0.25) is 12.7 Å². The van der Waals surface area contributed by atoms with Crippen molar-refractivity contribution in [3.63, 3.8) is 0 Å². The summed E-state index contributed by atoms with van der Waals surface area (Å²) in [5.74, 6) is 1.34. The number of anilines is 2. The number of amides is 1. The van der Waals surface area contributed by atoms with E-state index in [1.165, 1.54) is 0 Å². The lowest BCUT2D eigenvalue weighted by Crippen LogP contribution is -2.46. The molecule has 0 radical (unpaired) electrons. The van der Waals surface area contributed by atoms with Gasteiger partial charge in [-0.1, -0.05) is 0 Å². The predicted molar refractivity (Wildman–Crippen MR) is 69.7 cm³/mol. The van der Waals surface area contributed by atoms with E-state index >= 15 is 0 Å². The number of rotatable bonds is 3. The quantitative estimate of drug-likeness (QED) is 0.850. The lowest BCUT2D eigenvalue weighted by molar-refractivity contribution is -0.119. The molecule has 6 nitrogen and oxygen atoms in total. The summed E-state index contributed by atoms with van der Waals surface area (Å²) >= 11 is 0. The molecular formula is C13H16N2O4. The highest BCUT2D eigenvalue weighted by Gasteiger charge is 2.31. The summed E-state index contributed by atoms with van der Waals surface area (Å²) in [5, 5.41) is 12.1. The molecule has 0 aromatic heterocycles. The van der Waals surface area contributed by atoms with E-state index in [1.807, 2.05) is 19.1 Å². The maximum Gasteiger partial charge on any atom is 0.249 e. The Labute approximate surface area is 110 Å². The number of hydrogen-bond donors (Lipinski definition) is 2. The minimum atomic E-state index is -0.286. The summed E-state index contributed by atoms with van der Waals surface area (Å²) in [6.07, 6.45) is 0.548. The van der Waals surface area contributed by atoms with Crippen LogP contribution in [0.15, 0.2) is 12.1 Å². The maximum absolute atomic E-state index is 12.2. The molecule has 3 rings (SSSR count). The number of carbonyl (C=O) groups excluding carboxylic acids is 1. The van der Waals surface area contributed by atoms with Crippen LogP contribution in [0, 0.1) is 0 Å². The van der Waals surface area contributed by atoms with Crippen molar-refractivity contribution < 1.29 is 19.4 Å². The SMILES string of the molecule is CC1Nc2cc3c(cc2N(CCCO)C1=O)OCO3. The van der Waals surface area contributed by atoms with Crippen molar-refractivity contribution in [2.75, 3.05) is 30.2 Å². The van der Waals surface area contributed by atoms with Crippen LogP contribution in [0.25, 0.3) is 0 Å². The van der Waals surface area contributed by atoms with Gasteiger partial charge in [-0.15, -0.1) is 0 Å². The van der Waals surface area contributed by atoms with Gasteiger partial charge >= 0.3 is 0 Å². The largest absolute Gasteiger partial charge is 0.454 e. The normalized spacial score (nSPS) is 20.2. The number of hydrogen-bond acceptors (Lipinski definition) is 5. The molecule has 2 aliphatic heterocycles. The van der Waals surface area contributed by atoms with Gasteiger partial charge in [0.15, 0.2) is 11.5 Å². The van der Waals surface area contributed by atoms with Crippen LogP contribution < -0.4 is 19.7 Å². The molecule has 0 saturated carbocycles. The van der Waals surface area contributed by atoms with Crippen molar-refractivity contribution in [2.45, 2.75) is 19.4 Å². The van der Waals surface area contributed by atoms with Gasteiger partial charge < -0.3 is 24.8 Å². The van der Waals surface area contributed by atoms with Crippen molar-refractivity contribution >= 4 is 17.3 Å². The number of nitrogens with zero attached hydrogens (tertiary/aromatic N) is 1. The number of aliphatic hydroxyl groups excluding tert-OH is 1. The van der Waals surface area contributed by atoms with Gasteiger partial charge in [-0.05, 0) is 13.3 Å². The molecule has 2 N–H and O–H groups in total. The number of ether oxygens (including phenoxy) is 2. The minimum absolute atomic E-state index is 0.000171. The number of fused-ring (bicyclic) bond motifs is 2. The van der Waals surface area contributed by atoms with Crippen LogP contribution >= 0.6 is 0 Å². The number of benzene rings is 1. The molecule has 1 amide bonds. The lowest BCUT2D eigenvalue weighted by Gasteiger charge is -2.34. The monoisotopic (exact) mass is 264 g/mol. The van der Waals surface area contributed by atoms with Crippen LogP contribution in [0.1, 0.15) is 13.3 Å². The highest BCUT2D eigenvalue weighted by molar-refractivity contribution is 6.05. The third kappa shape index (κ3) is 1.98. The van der Waals surface area contributed by atoms with E-state index in [0.29, 0.717) is 24.5 Å². The average molecular weight is 264 g/mol. The molecule has 6 heteroatoms. The Morgan fingerprint density at radius 3 is 2.89 bits per heavy atom. The van der Waals surface area contributed by atoms with E-state index in [0.717, 1.165) is 11.4 Å². The topological polar surface area (TPSA) is 71.0 Å². The standard InChI is InChI=1S/C13H16N2O4/c1-8-13(17)15(3-2-4-16)10-6-12-11(18-7-19-12)5-9(10)14-8/h5-6,8,14,16H,2-4,7H2,1H3. The van der Waals surface area contributed by atoms with Gasteiger partial charge in [-0.25, -0.2) is 0 Å². The second-order valence-corrected chi connectivity index (χ2v) is 4.66. The van der Waals surface area contributed by atoms with Crippen molar-refractivity contribution in [3.8, 4) is 11.5 Å². The number of carbonyl (C=O) groups is 1. The first kappa shape index (κ1) is 12.1.